The van der Waals surface area contributed by atoms with Crippen LogP contribution in [-0.4, -0.2) is 104 Å². The highest BCUT2D eigenvalue weighted by molar-refractivity contribution is 7.52. The van der Waals surface area contributed by atoms with Crippen molar-refractivity contribution in [1.29, 1.82) is 0 Å². The van der Waals surface area contributed by atoms with Crippen LogP contribution in [0.2, 0.25) is 0 Å². The predicted octanol–water partition coefficient (Wildman–Crippen LogP) is -3.35. The van der Waals surface area contributed by atoms with Crippen LogP contribution in [0.25, 0.3) is 11.2 Å². The second kappa shape index (κ2) is 10.5. The molecule has 3 aromatic heterocycles. The zero-order valence-corrected chi connectivity index (χ0v) is 20.9. The second-order valence-corrected chi connectivity index (χ2v) is 11.1. The normalized spacial score (nSPS) is 32.5. The van der Waals surface area contributed by atoms with Gasteiger partial charge < -0.3 is 45.1 Å². The number of hydrogen-bond acceptors (Lipinski definition) is 14. The van der Waals surface area contributed by atoms with Gasteiger partial charge in [-0.25, -0.2) is 19.7 Å². The first-order valence-corrected chi connectivity index (χ1v) is 13.4. The molecule has 0 radical (unpaired) electrons. The van der Waals surface area contributed by atoms with Crippen LogP contribution in [0.3, 0.4) is 0 Å². The van der Waals surface area contributed by atoms with Gasteiger partial charge in [0.15, 0.2) is 23.9 Å². The summed E-state index contributed by atoms with van der Waals surface area (Å²) in [5, 5.41) is 41.5. The molecule has 0 amide bonds. The van der Waals surface area contributed by atoms with Gasteiger partial charge in [-0.15, -0.1) is 0 Å². The zero-order valence-electron chi connectivity index (χ0n) is 20.0. The number of nitrogens with one attached hydrogen (secondary N) is 1. The lowest BCUT2D eigenvalue weighted by Crippen LogP contribution is -2.37. The average Bonchev–Trinajstić information content (AvgIpc) is 3.53. The van der Waals surface area contributed by atoms with Crippen LogP contribution in [0.1, 0.15) is 12.5 Å². The molecule has 3 aromatic rings. The monoisotopic (exact) mass is 571 g/mol. The highest BCUT2D eigenvalue weighted by atomic mass is 31.2. The van der Waals surface area contributed by atoms with Crippen molar-refractivity contribution in [3.8, 4) is 0 Å². The molecule has 0 bridgehead atoms. The molecule has 1 unspecified atom stereocenters. The number of nitrogens with two attached hydrogens (primary N) is 1. The van der Waals surface area contributed by atoms with Gasteiger partial charge in [-0.1, -0.05) is 0 Å². The summed E-state index contributed by atoms with van der Waals surface area (Å²) in [4.78, 5) is 47.9. The predicted molar refractivity (Wildman–Crippen MR) is 128 cm³/mol. The minimum absolute atomic E-state index is 0.0971. The Morgan fingerprint density at radius 2 is 1.77 bits per heavy atom. The molecule has 2 fully saturated rings. The lowest BCUT2D eigenvalue weighted by atomic mass is 10.0. The van der Waals surface area contributed by atoms with E-state index >= 15 is 0 Å². The van der Waals surface area contributed by atoms with E-state index in [1.807, 2.05) is 4.98 Å². The largest absolute Gasteiger partial charge is 0.394 e. The second-order valence-electron chi connectivity index (χ2n) is 9.16. The highest BCUT2D eigenvalue weighted by Gasteiger charge is 2.49. The van der Waals surface area contributed by atoms with Crippen molar-refractivity contribution >= 4 is 24.6 Å². The number of aliphatic hydroxyl groups excluding tert-OH is 4. The number of aliphatic hydroxyl groups is 4. The van der Waals surface area contributed by atoms with Crippen LogP contribution in [0.4, 0.5) is 5.82 Å². The Kier molecular flexibility index (Phi) is 7.40. The van der Waals surface area contributed by atoms with Crippen LogP contribution < -0.4 is 17.0 Å². The third kappa shape index (κ3) is 5.13. The number of ether oxygens (including phenoxy) is 2. The van der Waals surface area contributed by atoms with Gasteiger partial charge in [0.2, 0.25) is 0 Å². The molecular weight excluding hydrogens is 545 g/mol. The smallest absolute Gasteiger partial charge is 0.330 e. The number of nitrogen functional groups attached to an aromatic ring is 1. The van der Waals surface area contributed by atoms with E-state index in [-0.39, 0.29) is 17.0 Å². The third-order valence-corrected chi connectivity index (χ3v) is 8.14. The van der Waals surface area contributed by atoms with Crippen molar-refractivity contribution in [1.82, 2.24) is 29.1 Å². The number of anilines is 1. The molecular formula is C20H26N7O11P. The van der Waals surface area contributed by atoms with Crippen LogP contribution in [0.5, 0.6) is 0 Å². The topological polar surface area (TPSA) is 270 Å². The fourth-order valence-corrected chi connectivity index (χ4v) is 6.18. The van der Waals surface area contributed by atoms with Gasteiger partial charge in [0.1, 0.15) is 36.3 Å². The van der Waals surface area contributed by atoms with Crippen LogP contribution in [0, 0.1) is 5.92 Å². The van der Waals surface area contributed by atoms with Crippen molar-refractivity contribution in [3.63, 3.8) is 0 Å². The number of rotatable bonds is 8. The molecule has 8 N–H and O–H groups in total. The van der Waals surface area contributed by atoms with Crippen molar-refractivity contribution in [2.24, 2.45) is 5.92 Å². The van der Waals surface area contributed by atoms with Crippen molar-refractivity contribution in [3.05, 3.63) is 45.8 Å². The molecule has 2 aliphatic heterocycles. The minimum Gasteiger partial charge on any atom is -0.394 e. The molecule has 39 heavy (non-hydrogen) atoms. The Balaban J connectivity index is 1.26. The van der Waals surface area contributed by atoms with Crippen LogP contribution in [-0.2, 0) is 18.6 Å². The SMILES string of the molecule is Nc1ncnc2c1ncn2[C@@H]1O[C@H](COP(=O)(O)C[C@H]2[C@@H](O)[C@H](n3ccc(=O)[nH]c3=O)O[C@@H]2CO)[C@@H](O)[C@H]1O. The van der Waals surface area contributed by atoms with Gasteiger partial charge in [0.25, 0.3) is 5.56 Å². The molecule has 5 rings (SSSR count). The van der Waals surface area contributed by atoms with E-state index in [0.29, 0.717) is 0 Å². The van der Waals surface area contributed by atoms with E-state index in [1.165, 1.54) is 17.2 Å². The minimum atomic E-state index is -4.52. The van der Waals surface area contributed by atoms with E-state index in [0.717, 1.165) is 16.8 Å². The molecule has 0 spiro atoms. The third-order valence-electron chi connectivity index (χ3n) is 6.71. The van der Waals surface area contributed by atoms with Crippen molar-refractivity contribution in [2.75, 3.05) is 25.1 Å². The van der Waals surface area contributed by atoms with Gasteiger partial charge in [-0.3, -0.25) is 23.5 Å². The zero-order chi connectivity index (χ0) is 28.1. The van der Waals surface area contributed by atoms with Crippen LogP contribution in [0.15, 0.2) is 34.5 Å². The van der Waals surface area contributed by atoms with E-state index in [9.17, 15) is 39.5 Å². The molecule has 2 saturated heterocycles. The van der Waals surface area contributed by atoms with Gasteiger partial charge >= 0.3 is 13.3 Å². The Labute approximate surface area is 217 Å². The molecule has 5 heterocycles. The summed E-state index contributed by atoms with van der Waals surface area (Å²) < 4.78 is 31.5. The molecule has 19 heteroatoms. The van der Waals surface area contributed by atoms with Gasteiger partial charge in [0, 0.05) is 18.2 Å². The standard InChI is InChI=1S/C20H26N7O11P/c21-16-12-17(23-6-22-16)27(7-24-12)19-15(32)14(31)10(38-19)4-36-39(34,35)5-8-9(3-28)37-18(13(8)30)26-2-1-11(29)25-20(26)33/h1-2,6-10,13-15,18-19,28,30-32H,3-5H2,(H,34,35)(H2,21,22,23)(H,25,29,33)/t8-,9-,10-,13-,14-,15-,18-,19-/m1/s1. The van der Waals surface area contributed by atoms with Gasteiger partial charge in [0.05, 0.1) is 31.8 Å². The number of fused-ring (bicyclic) bond motifs is 1. The first-order chi connectivity index (χ1) is 18.5. The summed E-state index contributed by atoms with van der Waals surface area (Å²) in [5.41, 5.74) is 4.70. The van der Waals surface area contributed by atoms with E-state index in [2.05, 4.69) is 15.0 Å². The number of nitrogens with zero attached hydrogens (tertiary/aromatic N) is 5. The molecule has 0 aliphatic carbocycles. The first kappa shape index (κ1) is 27.5. The summed E-state index contributed by atoms with van der Waals surface area (Å²) in [7, 11) is -4.52. The molecule has 18 nitrogen and oxygen atoms in total. The first-order valence-electron chi connectivity index (χ1n) is 11.7. The molecule has 9 atom stereocenters. The molecule has 212 valence electrons. The number of imidazole rings is 1. The highest BCUT2D eigenvalue weighted by Crippen LogP contribution is 2.49. The molecule has 0 aromatic carbocycles. The number of hydrogen-bond donors (Lipinski definition) is 7. The van der Waals surface area contributed by atoms with E-state index in [4.69, 9.17) is 19.7 Å². The van der Waals surface area contributed by atoms with E-state index in [1.54, 1.807) is 0 Å². The van der Waals surface area contributed by atoms with Crippen molar-refractivity contribution < 1.29 is 43.9 Å². The lowest BCUT2D eigenvalue weighted by molar-refractivity contribution is -0.0535. The Bertz CT molecular complexity index is 1510. The number of aromatic nitrogens is 6. The van der Waals surface area contributed by atoms with Gasteiger partial charge in [-0.05, 0) is 0 Å². The molecule has 2 aliphatic rings. The Morgan fingerprint density at radius 1 is 1.05 bits per heavy atom. The van der Waals surface area contributed by atoms with Crippen molar-refractivity contribution in [2.45, 2.75) is 43.0 Å². The fraction of sp³-hybridized carbons (Fsp3) is 0.550. The summed E-state index contributed by atoms with van der Waals surface area (Å²) in [6, 6.07) is 1.03. The van der Waals surface area contributed by atoms with Crippen LogP contribution >= 0.6 is 7.60 Å². The average molecular weight is 571 g/mol. The Morgan fingerprint density at radius 3 is 2.49 bits per heavy atom. The summed E-state index contributed by atoms with van der Waals surface area (Å²) in [5.74, 6) is -1.05. The number of aromatic amines is 1. The maximum Gasteiger partial charge on any atom is 0.330 e. The summed E-state index contributed by atoms with van der Waals surface area (Å²) in [6.45, 7) is -1.27. The Hall–Kier alpha value is -3.06. The lowest BCUT2D eigenvalue weighted by Gasteiger charge is -2.23. The fourth-order valence-electron chi connectivity index (χ4n) is 4.72. The van der Waals surface area contributed by atoms with E-state index < -0.39 is 87.1 Å². The number of H-pyrrole nitrogens is 1. The summed E-state index contributed by atoms with van der Waals surface area (Å²) >= 11 is 0. The summed E-state index contributed by atoms with van der Waals surface area (Å²) in [6.07, 6.45) is -6.56. The molecule has 0 saturated carbocycles. The maximum absolute atomic E-state index is 12.9. The van der Waals surface area contributed by atoms with Gasteiger partial charge in [-0.2, -0.15) is 0 Å². The maximum atomic E-state index is 12.9. The quantitative estimate of drug-likeness (QED) is 0.130.